The molecule has 3 rings (SSSR count). The molecule has 0 bridgehead atoms. The van der Waals surface area contributed by atoms with Gasteiger partial charge in [0, 0.05) is 22.9 Å². The first kappa shape index (κ1) is 11.4. The van der Waals surface area contributed by atoms with Gasteiger partial charge in [-0.25, -0.2) is 4.39 Å². The molecule has 90 valence electrons. The minimum Gasteiger partial charge on any atom is -0.294 e. The number of rotatable bonds is 1. The Balaban J connectivity index is 2.10. The molecule has 0 radical (unpaired) electrons. The van der Waals surface area contributed by atoms with Gasteiger partial charge in [0.2, 0.25) is 0 Å². The van der Waals surface area contributed by atoms with E-state index in [9.17, 15) is 9.18 Å². The number of benzene rings is 2. The molecule has 2 aromatic rings. The highest BCUT2D eigenvalue weighted by molar-refractivity contribution is 6.31. The van der Waals surface area contributed by atoms with E-state index in [2.05, 4.69) is 0 Å². The molecule has 0 spiro atoms. The Kier molecular flexibility index (Phi) is 2.67. The summed E-state index contributed by atoms with van der Waals surface area (Å²) in [6, 6.07) is 11.7. The first-order valence-electron chi connectivity index (χ1n) is 5.73. The van der Waals surface area contributed by atoms with Crippen LogP contribution in [0.4, 0.5) is 4.39 Å². The standard InChI is InChI=1S/C15H10ClFO/c16-10-4-5-12-13(8-15(18)14(12)7-10)9-2-1-3-11(17)6-9/h1-7,13H,8H2. The van der Waals surface area contributed by atoms with Gasteiger partial charge in [-0.3, -0.25) is 4.79 Å². The van der Waals surface area contributed by atoms with Crippen molar-refractivity contribution in [2.45, 2.75) is 12.3 Å². The van der Waals surface area contributed by atoms with Crippen molar-refractivity contribution in [1.29, 1.82) is 0 Å². The predicted molar refractivity (Wildman–Crippen MR) is 68.6 cm³/mol. The Bertz CT molecular complexity index is 636. The summed E-state index contributed by atoms with van der Waals surface area (Å²) >= 11 is 5.90. The summed E-state index contributed by atoms with van der Waals surface area (Å²) in [6.45, 7) is 0. The first-order valence-corrected chi connectivity index (χ1v) is 6.11. The number of Topliss-reactive ketones (excluding diaryl/α,β-unsaturated/α-hetero) is 1. The summed E-state index contributed by atoms with van der Waals surface area (Å²) in [5.74, 6) is -0.260. The molecule has 0 aromatic heterocycles. The van der Waals surface area contributed by atoms with Gasteiger partial charge in [-0.15, -0.1) is 0 Å². The van der Waals surface area contributed by atoms with E-state index in [-0.39, 0.29) is 17.5 Å². The fourth-order valence-electron chi connectivity index (χ4n) is 2.50. The molecule has 0 saturated carbocycles. The fourth-order valence-corrected chi connectivity index (χ4v) is 2.67. The van der Waals surface area contributed by atoms with Gasteiger partial charge in [-0.2, -0.15) is 0 Å². The Morgan fingerprint density at radius 1 is 1.17 bits per heavy atom. The largest absolute Gasteiger partial charge is 0.294 e. The Morgan fingerprint density at radius 2 is 2.00 bits per heavy atom. The molecular weight excluding hydrogens is 251 g/mol. The Labute approximate surface area is 109 Å². The van der Waals surface area contributed by atoms with Crippen molar-refractivity contribution in [1.82, 2.24) is 0 Å². The van der Waals surface area contributed by atoms with Crippen LogP contribution in [0.25, 0.3) is 0 Å². The molecule has 0 amide bonds. The maximum atomic E-state index is 13.3. The van der Waals surface area contributed by atoms with Gasteiger partial charge in [0.25, 0.3) is 0 Å². The van der Waals surface area contributed by atoms with Crippen molar-refractivity contribution in [3.63, 3.8) is 0 Å². The summed E-state index contributed by atoms with van der Waals surface area (Å²) in [6.07, 6.45) is 0.388. The van der Waals surface area contributed by atoms with Gasteiger partial charge < -0.3 is 0 Å². The third-order valence-electron chi connectivity index (χ3n) is 3.33. The molecule has 2 aromatic carbocycles. The average Bonchev–Trinajstić information content (AvgIpc) is 2.67. The van der Waals surface area contributed by atoms with Crippen molar-refractivity contribution < 1.29 is 9.18 Å². The van der Waals surface area contributed by atoms with E-state index in [0.29, 0.717) is 17.0 Å². The minimum atomic E-state index is -0.276. The fraction of sp³-hybridized carbons (Fsp3) is 0.133. The highest BCUT2D eigenvalue weighted by Gasteiger charge is 2.30. The summed E-state index contributed by atoms with van der Waals surface area (Å²) < 4.78 is 13.3. The topological polar surface area (TPSA) is 17.1 Å². The monoisotopic (exact) mass is 260 g/mol. The molecule has 1 aliphatic carbocycles. The number of ketones is 1. The van der Waals surface area contributed by atoms with Crippen LogP contribution in [-0.2, 0) is 0 Å². The second-order valence-corrected chi connectivity index (χ2v) is 4.90. The molecular formula is C15H10ClFO. The highest BCUT2D eigenvalue weighted by Crippen LogP contribution is 2.39. The second-order valence-electron chi connectivity index (χ2n) is 4.47. The number of hydrogen-bond donors (Lipinski definition) is 0. The molecule has 0 N–H and O–H groups in total. The maximum absolute atomic E-state index is 13.3. The van der Waals surface area contributed by atoms with Crippen molar-refractivity contribution in [3.8, 4) is 0 Å². The number of fused-ring (bicyclic) bond motifs is 1. The summed E-state index contributed by atoms with van der Waals surface area (Å²) in [5, 5.41) is 0.557. The molecule has 1 atom stereocenters. The van der Waals surface area contributed by atoms with Crippen LogP contribution in [-0.4, -0.2) is 5.78 Å². The number of hydrogen-bond acceptors (Lipinski definition) is 1. The van der Waals surface area contributed by atoms with Crippen molar-refractivity contribution in [2.75, 3.05) is 0 Å². The summed E-state index contributed by atoms with van der Waals surface area (Å²) in [5.41, 5.74) is 2.44. The van der Waals surface area contributed by atoms with E-state index in [1.165, 1.54) is 12.1 Å². The molecule has 3 heteroatoms. The SMILES string of the molecule is O=C1CC(c2cccc(F)c2)c2ccc(Cl)cc21. The number of halogens is 2. The smallest absolute Gasteiger partial charge is 0.164 e. The molecule has 18 heavy (non-hydrogen) atoms. The highest BCUT2D eigenvalue weighted by atomic mass is 35.5. The lowest BCUT2D eigenvalue weighted by Crippen LogP contribution is -1.97. The molecule has 1 unspecified atom stereocenters. The quantitative estimate of drug-likeness (QED) is 0.751. The van der Waals surface area contributed by atoms with Gasteiger partial charge in [0.05, 0.1) is 0 Å². The predicted octanol–water partition coefficient (Wildman–Crippen LogP) is 4.20. The van der Waals surface area contributed by atoms with Crippen LogP contribution in [0.2, 0.25) is 5.02 Å². The van der Waals surface area contributed by atoms with Crippen LogP contribution in [0.3, 0.4) is 0 Å². The zero-order valence-corrected chi connectivity index (χ0v) is 10.2. The average molecular weight is 261 g/mol. The van der Waals surface area contributed by atoms with E-state index in [4.69, 9.17) is 11.6 Å². The normalized spacial score (nSPS) is 17.9. The molecule has 1 nitrogen and oxygen atoms in total. The van der Waals surface area contributed by atoms with Crippen molar-refractivity contribution >= 4 is 17.4 Å². The maximum Gasteiger partial charge on any atom is 0.164 e. The van der Waals surface area contributed by atoms with Crippen molar-refractivity contribution in [2.24, 2.45) is 0 Å². The molecule has 1 aliphatic rings. The molecule has 0 heterocycles. The lowest BCUT2D eigenvalue weighted by molar-refractivity contribution is 0.0991. The van der Waals surface area contributed by atoms with Crippen molar-refractivity contribution in [3.05, 3.63) is 70.0 Å². The van der Waals surface area contributed by atoms with E-state index < -0.39 is 0 Å². The van der Waals surface area contributed by atoms with E-state index >= 15 is 0 Å². The van der Waals surface area contributed by atoms with Crippen LogP contribution in [0.15, 0.2) is 42.5 Å². The zero-order chi connectivity index (χ0) is 12.7. The molecule has 0 fully saturated rings. The van der Waals surface area contributed by atoms with Gasteiger partial charge in [-0.1, -0.05) is 29.8 Å². The third-order valence-corrected chi connectivity index (χ3v) is 3.57. The van der Waals surface area contributed by atoms with Crippen LogP contribution < -0.4 is 0 Å². The van der Waals surface area contributed by atoms with Gasteiger partial charge >= 0.3 is 0 Å². The number of carbonyl (C=O) groups excluding carboxylic acids is 1. The number of carbonyl (C=O) groups is 1. The lowest BCUT2D eigenvalue weighted by atomic mass is 9.93. The first-order chi connectivity index (χ1) is 8.65. The third kappa shape index (κ3) is 1.83. The summed E-state index contributed by atoms with van der Waals surface area (Å²) in [4.78, 5) is 11.9. The van der Waals surface area contributed by atoms with Gasteiger partial charge in [-0.05, 0) is 35.4 Å². The van der Waals surface area contributed by atoms with E-state index in [0.717, 1.165) is 11.1 Å². The van der Waals surface area contributed by atoms with E-state index in [1.54, 1.807) is 18.2 Å². The molecule has 0 saturated heterocycles. The minimum absolute atomic E-state index is 0.0551. The molecule has 0 aliphatic heterocycles. The van der Waals surface area contributed by atoms with E-state index in [1.807, 2.05) is 12.1 Å². The van der Waals surface area contributed by atoms with Gasteiger partial charge in [0.1, 0.15) is 5.82 Å². The summed E-state index contributed by atoms with van der Waals surface area (Å²) in [7, 11) is 0. The zero-order valence-electron chi connectivity index (χ0n) is 9.49. The van der Waals surface area contributed by atoms with Gasteiger partial charge in [0.15, 0.2) is 5.78 Å². The van der Waals surface area contributed by atoms with Crippen LogP contribution >= 0.6 is 11.6 Å². The Hall–Kier alpha value is -1.67. The lowest BCUT2D eigenvalue weighted by Gasteiger charge is -2.11. The van der Waals surface area contributed by atoms with Crippen LogP contribution in [0.1, 0.15) is 33.8 Å². The second kappa shape index (κ2) is 4.21. The Morgan fingerprint density at radius 3 is 2.78 bits per heavy atom. The van der Waals surface area contributed by atoms with Crippen LogP contribution in [0, 0.1) is 5.82 Å². The van der Waals surface area contributed by atoms with Crippen LogP contribution in [0.5, 0.6) is 0 Å².